The van der Waals surface area contributed by atoms with Gasteiger partial charge in [-0.05, 0) is 48.4 Å². The fourth-order valence-electron chi connectivity index (χ4n) is 4.08. The van der Waals surface area contributed by atoms with Gasteiger partial charge >= 0.3 is 0 Å². The first-order chi connectivity index (χ1) is 16.4. The Morgan fingerprint density at radius 2 is 1.85 bits per heavy atom. The molecular formula is C26H23ClN6O. The Labute approximate surface area is 202 Å². The van der Waals surface area contributed by atoms with E-state index in [2.05, 4.69) is 20.4 Å². The standard InChI is InChI=1S/C26H23ClN6O/c1-16-8-17(10-20(27)9-16)18-11-21(25(28-12-18)19-13-30-32(2)15-19)26(34)29-14-24-31-22-6-4-5-7-23(22)33(24)3/h4-13,15H,14H2,1-3H3,(H,29,34). The molecule has 0 radical (unpaired) electrons. The third-order valence-corrected chi connectivity index (χ3v) is 5.99. The molecule has 0 atom stereocenters. The fourth-order valence-corrected chi connectivity index (χ4v) is 4.37. The molecular weight excluding hydrogens is 448 g/mol. The first kappa shape index (κ1) is 21.9. The van der Waals surface area contributed by atoms with E-state index >= 15 is 0 Å². The summed E-state index contributed by atoms with van der Waals surface area (Å²) < 4.78 is 3.67. The number of para-hydroxylation sites is 2. The van der Waals surface area contributed by atoms with Crippen molar-refractivity contribution in [3.63, 3.8) is 0 Å². The van der Waals surface area contributed by atoms with Crippen LogP contribution in [0, 0.1) is 6.92 Å². The lowest BCUT2D eigenvalue weighted by atomic mass is 10.0. The Bertz CT molecular complexity index is 1510. The van der Waals surface area contributed by atoms with Crippen LogP contribution >= 0.6 is 11.6 Å². The Morgan fingerprint density at radius 3 is 2.59 bits per heavy atom. The quantitative estimate of drug-likeness (QED) is 0.395. The van der Waals surface area contributed by atoms with Gasteiger partial charge in [0, 0.05) is 42.6 Å². The minimum Gasteiger partial charge on any atom is -0.345 e. The van der Waals surface area contributed by atoms with E-state index in [1.165, 1.54) is 0 Å². The van der Waals surface area contributed by atoms with E-state index in [-0.39, 0.29) is 12.5 Å². The average Bonchev–Trinajstić information content (AvgIpc) is 3.39. The molecule has 1 N–H and O–H groups in total. The SMILES string of the molecule is Cc1cc(Cl)cc(-c2cnc(-c3cnn(C)c3)c(C(=O)NCc3nc4ccccc4n3C)c2)c1. The van der Waals surface area contributed by atoms with Crippen LogP contribution in [0.2, 0.25) is 5.02 Å². The number of nitrogens with one attached hydrogen (secondary N) is 1. The van der Waals surface area contributed by atoms with Gasteiger partial charge in [-0.3, -0.25) is 14.5 Å². The molecule has 0 saturated carbocycles. The molecule has 3 heterocycles. The molecule has 7 nitrogen and oxygen atoms in total. The fraction of sp³-hybridized carbons (Fsp3) is 0.154. The predicted molar refractivity (Wildman–Crippen MR) is 134 cm³/mol. The number of imidazole rings is 1. The first-order valence-corrected chi connectivity index (χ1v) is 11.2. The number of hydrogen-bond donors (Lipinski definition) is 1. The second-order valence-electron chi connectivity index (χ2n) is 8.30. The molecule has 8 heteroatoms. The smallest absolute Gasteiger partial charge is 0.253 e. The number of carbonyl (C=O) groups excluding carboxylic acids is 1. The number of hydrogen-bond acceptors (Lipinski definition) is 4. The summed E-state index contributed by atoms with van der Waals surface area (Å²) in [4.78, 5) is 22.7. The summed E-state index contributed by atoms with van der Waals surface area (Å²) in [6.07, 6.45) is 5.30. The van der Waals surface area contributed by atoms with Crippen molar-refractivity contribution in [2.45, 2.75) is 13.5 Å². The molecule has 0 bridgehead atoms. The summed E-state index contributed by atoms with van der Waals surface area (Å²) in [5, 5.41) is 7.90. The number of amides is 1. The van der Waals surface area contributed by atoms with Crippen LogP contribution in [0.3, 0.4) is 0 Å². The van der Waals surface area contributed by atoms with Gasteiger partial charge in [-0.1, -0.05) is 29.8 Å². The number of fused-ring (bicyclic) bond motifs is 1. The minimum atomic E-state index is -0.237. The number of aromatic nitrogens is 5. The summed E-state index contributed by atoms with van der Waals surface area (Å²) in [5.41, 5.74) is 6.45. The maximum absolute atomic E-state index is 13.4. The number of carbonyl (C=O) groups is 1. The molecule has 0 aliphatic heterocycles. The average molecular weight is 471 g/mol. The van der Waals surface area contributed by atoms with Crippen molar-refractivity contribution >= 4 is 28.5 Å². The van der Waals surface area contributed by atoms with Gasteiger partial charge in [0.05, 0.1) is 35.0 Å². The van der Waals surface area contributed by atoms with Gasteiger partial charge in [-0.15, -0.1) is 0 Å². The zero-order chi connectivity index (χ0) is 23.8. The number of halogens is 1. The van der Waals surface area contributed by atoms with Crippen molar-refractivity contribution < 1.29 is 4.79 Å². The maximum Gasteiger partial charge on any atom is 0.253 e. The second-order valence-corrected chi connectivity index (χ2v) is 8.73. The van der Waals surface area contributed by atoms with E-state index in [1.807, 2.05) is 80.3 Å². The van der Waals surface area contributed by atoms with Crippen molar-refractivity contribution in [2.24, 2.45) is 14.1 Å². The third kappa shape index (κ3) is 4.18. The lowest BCUT2D eigenvalue weighted by Gasteiger charge is -2.12. The van der Waals surface area contributed by atoms with Crippen LogP contribution in [0.5, 0.6) is 0 Å². The number of benzene rings is 2. The zero-order valence-corrected chi connectivity index (χ0v) is 19.8. The normalized spacial score (nSPS) is 11.2. The molecule has 170 valence electrons. The van der Waals surface area contributed by atoms with E-state index in [0.29, 0.717) is 16.3 Å². The van der Waals surface area contributed by atoms with E-state index < -0.39 is 0 Å². The summed E-state index contributed by atoms with van der Waals surface area (Å²) in [6, 6.07) is 15.5. The molecule has 0 aliphatic carbocycles. The van der Waals surface area contributed by atoms with Gasteiger partial charge in [-0.25, -0.2) is 4.98 Å². The Hall–Kier alpha value is -3.97. The van der Waals surface area contributed by atoms with Crippen LogP contribution in [-0.4, -0.2) is 30.2 Å². The molecule has 0 saturated heterocycles. The highest BCUT2D eigenvalue weighted by Gasteiger charge is 2.18. The van der Waals surface area contributed by atoms with E-state index in [4.69, 9.17) is 11.6 Å². The number of rotatable bonds is 5. The van der Waals surface area contributed by atoms with Gasteiger partial charge in [0.1, 0.15) is 5.82 Å². The molecule has 5 aromatic rings. The predicted octanol–water partition coefficient (Wildman–Crippen LogP) is 4.93. The molecule has 2 aromatic carbocycles. The van der Waals surface area contributed by atoms with Gasteiger partial charge in [0.2, 0.25) is 0 Å². The van der Waals surface area contributed by atoms with Crippen molar-refractivity contribution in [3.8, 4) is 22.4 Å². The van der Waals surface area contributed by atoms with Crippen molar-refractivity contribution in [2.75, 3.05) is 0 Å². The van der Waals surface area contributed by atoms with Gasteiger partial charge in [0.15, 0.2) is 0 Å². The molecule has 0 unspecified atom stereocenters. The Kier molecular flexibility index (Phi) is 5.63. The molecule has 0 aliphatic rings. The lowest BCUT2D eigenvalue weighted by Crippen LogP contribution is -2.25. The Morgan fingerprint density at radius 1 is 1.03 bits per heavy atom. The summed E-state index contributed by atoms with van der Waals surface area (Å²) >= 11 is 6.28. The highest BCUT2D eigenvalue weighted by Crippen LogP contribution is 2.29. The van der Waals surface area contributed by atoms with Gasteiger partial charge < -0.3 is 9.88 Å². The highest BCUT2D eigenvalue weighted by atomic mass is 35.5. The largest absolute Gasteiger partial charge is 0.345 e. The second kappa shape index (κ2) is 8.76. The van der Waals surface area contributed by atoms with Gasteiger partial charge in [0.25, 0.3) is 5.91 Å². The minimum absolute atomic E-state index is 0.237. The van der Waals surface area contributed by atoms with Gasteiger partial charge in [-0.2, -0.15) is 5.10 Å². The van der Waals surface area contributed by atoms with Crippen LogP contribution in [-0.2, 0) is 20.6 Å². The molecule has 0 fully saturated rings. The number of pyridine rings is 1. The molecule has 0 spiro atoms. The molecule has 3 aromatic heterocycles. The van der Waals surface area contributed by atoms with Crippen molar-refractivity contribution in [1.29, 1.82) is 0 Å². The summed E-state index contributed by atoms with van der Waals surface area (Å²) in [6.45, 7) is 2.27. The summed E-state index contributed by atoms with van der Waals surface area (Å²) in [7, 11) is 3.78. The van der Waals surface area contributed by atoms with Crippen LogP contribution in [0.15, 0.2) is 67.1 Å². The zero-order valence-electron chi connectivity index (χ0n) is 19.1. The topological polar surface area (TPSA) is 77.6 Å². The maximum atomic E-state index is 13.4. The van der Waals surface area contributed by atoms with Crippen molar-refractivity contribution in [1.82, 2.24) is 29.6 Å². The molecule has 5 rings (SSSR count). The van der Waals surface area contributed by atoms with E-state index in [9.17, 15) is 4.79 Å². The van der Waals surface area contributed by atoms with E-state index in [1.54, 1.807) is 17.1 Å². The number of nitrogens with zero attached hydrogens (tertiary/aromatic N) is 5. The Balaban J connectivity index is 1.51. The number of aryl methyl sites for hydroxylation is 3. The molecule has 1 amide bonds. The third-order valence-electron chi connectivity index (χ3n) is 5.77. The van der Waals surface area contributed by atoms with Crippen molar-refractivity contribution in [3.05, 3.63) is 89.1 Å². The monoisotopic (exact) mass is 470 g/mol. The lowest BCUT2D eigenvalue weighted by molar-refractivity contribution is 0.0950. The molecule has 34 heavy (non-hydrogen) atoms. The van der Waals surface area contributed by atoms with Crippen LogP contribution in [0.4, 0.5) is 0 Å². The summed E-state index contributed by atoms with van der Waals surface area (Å²) in [5.74, 6) is 0.533. The van der Waals surface area contributed by atoms with Crippen LogP contribution in [0.25, 0.3) is 33.4 Å². The van der Waals surface area contributed by atoms with Crippen LogP contribution < -0.4 is 5.32 Å². The van der Waals surface area contributed by atoms with E-state index in [0.717, 1.165) is 39.1 Å². The highest BCUT2D eigenvalue weighted by molar-refractivity contribution is 6.31. The first-order valence-electron chi connectivity index (χ1n) is 10.8. The van der Waals surface area contributed by atoms with Crippen LogP contribution in [0.1, 0.15) is 21.7 Å².